The Morgan fingerprint density at radius 2 is 2.00 bits per heavy atom. The Hall–Kier alpha value is -2.85. The molecule has 0 bridgehead atoms. The molecule has 1 saturated carbocycles. The number of nitrogens with two attached hydrogens (primary N) is 1. The van der Waals surface area contributed by atoms with Crippen LogP contribution in [-0.4, -0.2) is 64.0 Å². The van der Waals surface area contributed by atoms with E-state index in [0.717, 1.165) is 12.0 Å². The second kappa shape index (κ2) is 13.2. The number of carbonyl (C=O) groups excluding carboxylic acids is 1. The third-order valence-corrected chi connectivity index (χ3v) is 8.60. The molecule has 1 aliphatic carbocycles. The molecule has 4 rings (SSSR count). The summed E-state index contributed by atoms with van der Waals surface area (Å²) in [4.78, 5) is 26.3. The number of ether oxygens (including phenoxy) is 1. The molecule has 2 fully saturated rings. The third kappa shape index (κ3) is 6.89. The maximum atomic E-state index is 13.4. The van der Waals surface area contributed by atoms with Crippen molar-refractivity contribution < 1.29 is 29.6 Å². The van der Waals surface area contributed by atoms with Crippen LogP contribution in [0.2, 0.25) is 5.02 Å². The summed E-state index contributed by atoms with van der Waals surface area (Å²) >= 11 is 6.67. The quantitative estimate of drug-likeness (QED) is 0.267. The zero-order valence-electron chi connectivity index (χ0n) is 22.9. The van der Waals surface area contributed by atoms with Crippen LogP contribution in [0.15, 0.2) is 42.5 Å². The van der Waals surface area contributed by atoms with E-state index in [4.69, 9.17) is 27.2 Å². The molecule has 40 heavy (non-hydrogen) atoms. The number of aryl methyl sites for hydroxylation is 1. The van der Waals surface area contributed by atoms with Gasteiger partial charge in [0, 0.05) is 43.1 Å². The number of likely N-dealkylation sites (tertiary alicyclic amines) is 1. The Labute approximate surface area is 240 Å². The molecule has 5 atom stereocenters. The predicted octanol–water partition coefficient (Wildman–Crippen LogP) is 4.27. The molecule has 1 saturated heterocycles. The minimum Gasteiger partial charge on any atom is -0.465 e. The van der Waals surface area contributed by atoms with E-state index in [9.17, 15) is 19.8 Å². The van der Waals surface area contributed by atoms with E-state index >= 15 is 0 Å². The van der Waals surface area contributed by atoms with Gasteiger partial charge in [0.05, 0.1) is 16.7 Å². The molecule has 10 heteroatoms. The highest BCUT2D eigenvalue weighted by atomic mass is 35.5. The Morgan fingerprint density at radius 1 is 1.23 bits per heavy atom. The molecule has 2 amide bonds. The van der Waals surface area contributed by atoms with Crippen LogP contribution in [0, 0.1) is 11.8 Å². The summed E-state index contributed by atoms with van der Waals surface area (Å²) < 4.78 is 6.32. The van der Waals surface area contributed by atoms with Gasteiger partial charge in [0.1, 0.15) is 5.75 Å². The third-order valence-electron chi connectivity index (χ3n) is 8.31. The highest BCUT2D eigenvalue weighted by Crippen LogP contribution is 2.47. The Kier molecular flexibility index (Phi) is 9.94. The summed E-state index contributed by atoms with van der Waals surface area (Å²) in [5.41, 5.74) is 6.13. The lowest BCUT2D eigenvalue weighted by Gasteiger charge is -2.44. The first-order valence-corrected chi connectivity index (χ1v) is 14.5. The van der Waals surface area contributed by atoms with Gasteiger partial charge in [-0.3, -0.25) is 4.79 Å². The van der Waals surface area contributed by atoms with Gasteiger partial charge in [0.15, 0.2) is 5.75 Å². The van der Waals surface area contributed by atoms with Crippen LogP contribution in [0.4, 0.5) is 4.79 Å². The van der Waals surface area contributed by atoms with Crippen LogP contribution in [0.1, 0.15) is 56.6 Å². The first kappa shape index (κ1) is 30.1. The van der Waals surface area contributed by atoms with Crippen LogP contribution in [0.25, 0.3) is 0 Å². The fraction of sp³-hybridized carbons (Fsp3) is 0.533. The van der Waals surface area contributed by atoms with Crippen LogP contribution in [0.3, 0.4) is 0 Å². The van der Waals surface area contributed by atoms with Gasteiger partial charge in [-0.2, -0.15) is 0 Å². The van der Waals surface area contributed by atoms with Crippen molar-refractivity contribution in [3.05, 3.63) is 58.6 Å². The lowest BCUT2D eigenvalue weighted by atomic mass is 9.73. The molecule has 2 aromatic rings. The average Bonchev–Trinajstić information content (AvgIpc) is 3.29. The number of nitrogens with zero attached hydrogens (tertiary/aromatic N) is 1. The van der Waals surface area contributed by atoms with E-state index in [1.165, 1.54) is 0 Å². The van der Waals surface area contributed by atoms with Crippen LogP contribution < -0.4 is 15.8 Å². The summed E-state index contributed by atoms with van der Waals surface area (Å²) in [5, 5.41) is 34.4. The van der Waals surface area contributed by atoms with E-state index in [1.807, 2.05) is 24.3 Å². The molecule has 2 aliphatic rings. The smallest absolute Gasteiger partial charge is 0.404 e. The van der Waals surface area contributed by atoms with Crippen molar-refractivity contribution in [2.24, 2.45) is 17.6 Å². The fourth-order valence-corrected chi connectivity index (χ4v) is 6.30. The van der Waals surface area contributed by atoms with Crippen LogP contribution in [-0.2, 0) is 16.8 Å². The largest absolute Gasteiger partial charge is 0.465 e. The highest BCUT2D eigenvalue weighted by Gasteiger charge is 2.45. The normalized spacial score (nSPS) is 24.4. The zero-order chi connectivity index (χ0) is 28.9. The number of carboxylic acid groups (broad SMARTS) is 1. The molecule has 2 aromatic carbocycles. The molecular weight excluding hydrogens is 534 g/mol. The summed E-state index contributed by atoms with van der Waals surface area (Å²) in [6.45, 7) is 3.11. The van der Waals surface area contributed by atoms with Crippen molar-refractivity contribution in [3.63, 3.8) is 0 Å². The number of hydrogen-bond donors (Lipinski definition) is 5. The SMILES string of the molecule is CCc1cccc(Oc2c(Cl)cccc2C(O)(CCCNC(=O)O)C2CCCN(C(=O)C3CC(N)C(O)C3)C2)c1. The summed E-state index contributed by atoms with van der Waals surface area (Å²) in [6.07, 6.45) is 1.77. The molecule has 9 nitrogen and oxygen atoms in total. The molecule has 0 radical (unpaired) electrons. The second-order valence-corrected chi connectivity index (χ2v) is 11.4. The van der Waals surface area contributed by atoms with E-state index in [-0.39, 0.29) is 30.7 Å². The lowest BCUT2D eigenvalue weighted by Crippen LogP contribution is -2.49. The van der Waals surface area contributed by atoms with Crippen LogP contribution >= 0.6 is 11.6 Å². The second-order valence-electron chi connectivity index (χ2n) is 11.0. The van der Waals surface area contributed by atoms with Crippen molar-refractivity contribution in [3.8, 4) is 11.5 Å². The van der Waals surface area contributed by atoms with Crippen LogP contribution in [0.5, 0.6) is 11.5 Å². The van der Waals surface area contributed by atoms with Gasteiger partial charge in [-0.25, -0.2) is 4.79 Å². The number of halogens is 1. The van der Waals surface area contributed by atoms with Gasteiger partial charge >= 0.3 is 6.09 Å². The molecule has 6 N–H and O–H groups in total. The molecule has 1 heterocycles. The molecule has 1 aliphatic heterocycles. The Morgan fingerprint density at radius 3 is 2.70 bits per heavy atom. The lowest BCUT2D eigenvalue weighted by molar-refractivity contribution is -0.141. The number of para-hydroxylation sites is 1. The average molecular weight is 574 g/mol. The van der Waals surface area contributed by atoms with Gasteiger partial charge in [0.2, 0.25) is 5.91 Å². The number of amides is 2. The Bertz CT molecular complexity index is 1190. The topological polar surface area (TPSA) is 145 Å². The van der Waals surface area contributed by atoms with Crippen molar-refractivity contribution in [1.29, 1.82) is 0 Å². The van der Waals surface area contributed by atoms with Gasteiger partial charge < -0.3 is 36.0 Å². The zero-order valence-corrected chi connectivity index (χ0v) is 23.6. The molecule has 0 aromatic heterocycles. The minimum atomic E-state index is -1.45. The van der Waals surface area contributed by atoms with Gasteiger partial charge in [-0.15, -0.1) is 0 Å². The van der Waals surface area contributed by atoms with Gasteiger partial charge in [-0.05, 0) is 68.7 Å². The molecular formula is C30H40ClN3O6. The number of piperidine rings is 1. The van der Waals surface area contributed by atoms with Gasteiger partial charge in [0.25, 0.3) is 0 Å². The fourth-order valence-electron chi connectivity index (χ4n) is 6.09. The van der Waals surface area contributed by atoms with Gasteiger partial charge in [-0.1, -0.05) is 42.8 Å². The number of aliphatic hydroxyl groups is 2. The van der Waals surface area contributed by atoms with Crippen molar-refractivity contribution >= 4 is 23.6 Å². The van der Waals surface area contributed by atoms with E-state index in [2.05, 4.69) is 12.2 Å². The number of rotatable bonds is 10. The van der Waals surface area contributed by atoms with Crippen molar-refractivity contribution in [2.75, 3.05) is 19.6 Å². The highest BCUT2D eigenvalue weighted by molar-refractivity contribution is 6.32. The predicted molar refractivity (Wildman–Crippen MR) is 153 cm³/mol. The van der Waals surface area contributed by atoms with E-state index < -0.39 is 23.8 Å². The number of nitrogens with one attached hydrogen (secondary N) is 1. The van der Waals surface area contributed by atoms with E-state index in [0.29, 0.717) is 67.3 Å². The number of aliphatic hydroxyl groups excluding tert-OH is 1. The molecule has 0 spiro atoms. The summed E-state index contributed by atoms with van der Waals surface area (Å²) in [5.74, 6) is 0.204. The Balaban J connectivity index is 1.65. The van der Waals surface area contributed by atoms with E-state index in [1.54, 1.807) is 23.1 Å². The molecule has 5 unspecified atom stereocenters. The van der Waals surface area contributed by atoms with Crippen molar-refractivity contribution in [2.45, 2.75) is 69.6 Å². The number of carbonyl (C=O) groups is 2. The maximum absolute atomic E-state index is 13.4. The number of hydrogen-bond acceptors (Lipinski definition) is 6. The number of benzene rings is 2. The molecule has 218 valence electrons. The monoisotopic (exact) mass is 573 g/mol. The summed E-state index contributed by atoms with van der Waals surface area (Å²) in [7, 11) is 0. The standard InChI is InChI=1S/C30H40ClN3O6/c1-2-19-7-3-9-22(15-19)40-27-23(10-4-11-24(27)31)30(39,12-6-13-33-29(37)38)21-8-5-14-34(18-21)28(36)20-16-25(32)26(35)17-20/h3-4,7,9-11,15,20-21,25-26,33,35,39H,2,5-6,8,12-14,16-18,32H2,1H3,(H,37,38). The summed E-state index contributed by atoms with van der Waals surface area (Å²) in [6, 6.07) is 12.5. The first-order chi connectivity index (χ1) is 19.1. The van der Waals surface area contributed by atoms with Crippen molar-refractivity contribution in [1.82, 2.24) is 10.2 Å². The minimum absolute atomic E-state index is 0.0504. The first-order valence-electron chi connectivity index (χ1n) is 14.1. The maximum Gasteiger partial charge on any atom is 0.404 e.